The average Bonchev–Trinajstić information content (AvgIpc) is 2.71. The maximum Gasteiger partial charge on any atom is 0.223 e. The fraction of sp³-hybridized carbons (Fsp3) is 0.435. The molecule has 1 heterocycles. The third kappa shape index (κ3) is 3.93. The summed E-state index contributed by atoms with van der Waals surface area (Å²) in [5, 5.41) is 0. The summed E-state index contributed by atoms with van der Waals surface area (Å²) in [6, 6.07) is 11.8. The van der Waals surface area contributed by atoms with E-state index in [0.29, 0.717) is 24.6 Å². The summed E-state index contributed by atoms with van der Waals surface area (Å²) < 4.78 is 16.3. The van der Waals surface area contributed by atoms with Crippen LogP contribution < -0.4 is 14.2 Å². The molecule has 150 valence electrons. The molecule has 0 spiro atoms. The number of hydrogen-bond acceptors (Lipinski definition) is 4. The molecule has 0 aromatic heterocycles. The zero-order chi connectivity index (χ0) is 20.3. The maximum atomic E-state index is 13.0. The van der Waals surface area contributed by atoms with Crippen LogP contribution in [0.15, 0.2) is 36.4 Å². The predicted octanol–water partition coefficient (Wildman–Crippen LogP) is 4.23. The Hall–Kier alpha value is -2.69. The van der Waals surface area contributed by atoms with Crippen molar-refractivity contribution in [3.63, 3.8) is 0 Å². The molecule has 3 rings (SSSR count). The largest absolute Gasteiger partial charge is 0.497 e. The van der Waals surface area contributed by atoms with Crippen LogP contribution in [0.1, 0.15) is 43.0 Å². The lowest BCUT2D eigenvalue weighted by Gasteiger charge is -2.38. The summed E-state index contributed by atoms with van der Waals surface area (Å²) in [5.74, 6) is 2.69. The van der Waals surface area contributed by atoms with E-state index in [9.17, 15) is 4.79 Å². The van der Waals surface area contributed by atoms with Gasteiger partial charge in [0.1, 0.15) is 5.75 Å². The van der Waals surface area contributed by atoms with Crippen LogP contribution in [0.3, 0.4) is 0 Å². The maximum absolute atomic E-state index is 13.0. The van der Waals surface area contributed by atoms with Crippen LogP contribution in [-0.2, 0) is 11.2 Å². The van der Waals surface area contributed by atoms with Crippen molar-refractivity contribution in [2.24, 2.45) is 5.92 Å². The van der Waals surface area contributed by atoms with Gasteiger partial charge in [-0.3, -0.25) is 4.79 Å². The third-order valence-corrected chi connectivity index (χ3v) is 5.21. The molecule has 0 bridgehead atoms. The molecule has 1 aliphatic heterocycles. The van der Waals surface area contributed by atoms with Gasteiger partial charge in [0.2, 0.25) is 5.91 Å². The van der Waals surface area contributed by atoms with E-state index in [-0.39, 0.29) is 11.9 Å². The normalized spacial score (nSPS) is 15.9. The van der Waals surface area contributed by atoms with E-state index < -0.39 is 0 Å². The summed E-state index contributed by atoms with van der Waals surface area (Å²) in [4.78, 5) is 15.0. The van der Waals surface area contributed by atoms with Crippen LogP contribution in [0.2, 0.25) is 0 Å². The van der Waals surface area contributed by atoms with Gasteiger partial charge < -0.3 is 19.1 Å². The van der Waals surface area contributed by atoms with E-state index in [0.717, 1.165) is 29.0 Å². The Labute approximate surface area is 167 Å². The number of rotatable bonds is 6. The standard InChI is InChI=1S/C23H29NO4/c1-15(2)12-22(25)24-11-10-17-13-20(27-4)21(28-5)14-19(17)23(24)16-6-8-18(26-3)9-7-16/h6-9,13-15,23H,10-12H2,1-5H3/t23-/m1/s1. The van der Waals surface area contributed by atoms with Crippen LogP contribution in [0.4, 0.5) is 0 Å². The minimum absolute atomic E-state index is 0.152. The van der Waals surface area contributed by atoms with Crippen LogP contribution >= 0.6 is 0 Å². The molecule has 0 N–H and O–H groups in total. The first-order valence-electron chi connectivity index (χ1n) is 9.66. The van der Waals surface area contributed by atoms with E-state index in [2.05, 4.69) is 13.8 Å². The van der Waals surface area contributed by atoms with Gasteiger partial charge in [0.15, 0.2) is 11.5 Å². The van der Waals surface area contributed by atoms with Gasteiger partial charge in [-0.15, -0.1) is 0 Å². The number of ether oxygens (including phenoxy) is 3. The van der Waals surface area contributed by atoms with Gasteiger partial charge in [0.25, 0.3) is 0 Å². The number of carbonyl (C=O) groups is 1. The van der Waals surface area contributed by atoms with E-state index in [4.69, 9.17) is 14.2 Å². The van der Waals surface area contributed by atoms with Crippen molar-refractivity contribution in [2.75, 3.05) is 27.9 Å². The molecule has 1 amide bonds. The van der Waals surface area contributed by atoms with Gasteiger partial charge in [-0.2, -0.15) is 0 Å². The number of benzene rings is 2. The van der Waals surface area contributed by atoms with Crippen molar-refractivity contribution in [3.8, 4) is 17.2 Å². The third-order valence-electron chi connectivity index (χ3n) is 5.21. The minimum Gasteiger partial charge on any atom is -0.497 e. The van der Waals surface area contributed by atoms with Crippen LogP contribution in [0.25, 0.3) is 0 Å². The lowest BCUT2D eigenvalue weighted by molar-refractivity contribution is -0.134. The second kappa shape index (κ2) is 8.55. The number of carbonyl (C=O) groups excluding carboxylic acids is 1. The zero-order valence-corrected chi connectivity index (χ0v) is 17.3. The Morgan fingerprint density at radius 2 is 1.68 bits per heavy atom. The lowest BCUT2D eigenvalue weighted by Crippen LogP contribution is -2.41. The molecule has 1 aliphatic rings. The number of fused-ring (bicyclic) bond motifs is 1. The van der Waals surface area contributed by atoms with Crippen LogP contribution in [-0.4, -0.2) is 38.7 Å². The van der Waals surface area contributed by atoms with Gasteiger partial charge in [0.05, 0.1) is 27.4 Å². The second-order valence-electron chi connectivity index (χ2n) is 7.52. The molecule has 0 unspecified atom stereocenters. The van der Waals surface area contributed by atoms with Crippen molar-refractivity contribution >= 4 is 5.91 Å². The van der Waals surface area contributed by atoms with Crippen molar-refractivity contribution in [3.05, 3.63) is 53.1 Å². The topological polar surface area (TPSA) is 48.0 Å². The quantitative estimate of drug-likeness (QED) is 0.749. The monoisotopic (exact) mass is 383 g/mol. The first-order valence-corrected chi connectivity index (χ1v) is 9.66. The van der Waals surface area contributed by atoms with E-state index in [1.54, 1.807) is 21.3 Å². The van der Waals surface area contributed by atoms with Gasteiger partial charge in [-0.05, 0) is 53.3 Å². The predicted molar refractivity (Wildman–Crippen MR) is 109 cm³/mol. The highest BCUT2D eigenvalue weighted by molar-refractivity contribution is 5.78. The molecule has 5 nitrogen and oxygen atoms in total. The van der Waals surface area contributed by atoms with Crippen molar-refractivity contribution in [1.29, 1.82) is 0 Å². The van der Waals surface area contributed by atoms with Crippen LogP contribution in [0, 0.1) is 5.92 Å². The Morgan fingerprint density at radius 3 is 2.25 bits per heavy atom. The molecule has 0 radical (unpaired) electrons. The molecule has 2 aromatic rings. The van der Waals surface area contributed by atoms with E-state index in [1.165, 1.54) is 5.56 Å². The van der Waals surface area contributed by atoms with Gasteiger partial charge in [-0.25, -0.2) is 0 Å². The fourth-order valence-electron chi connectivity index (χ4n) is 3.83. The van der Waals surface area contributed by atoms with Crippen molar-refractivity contribution in [1.82, 2.24) is 4.90 Å². The van der Waals surface area contributed by atoms with E-state index in [1.807, 2.05) is 41.3 Å². The van der Waals surface area contributed by atoms with Gasteiger partial charge in [-0.1, -0.05) is 26.0 Å². The molecule has 0 aliphatic carbocycles. The SMILES string of the molecule is COc1ccc([C@@H]2c3cc(OC)c(OC)cc3CCN2C(=O)CC(C)C)cc1. The Balaban J connectivity index is 2.10. The highest BCUT2D eigenvalue weighted by Crippen LogP contribution is 2.41. The molecule has 28 heavy (non-hydrogen) atoms. The van der Waals surface area contributed by atoms with Crippen molar-refractivity contribution < 1.29 is 19.0 Å². The Bertz CT molecular complexity index is 829. The molecule has 1 atom stereocenters. The highest BCUT2D eigenvalue weighted by atomic mass is 16.5. The number of hydrogen-bond donors (Lipinski definition) is 0. The molecule has 0 saturated heterocycles. The lowest BCUT2D eigenvalue weighted by atomic mass is 9.87. The van der Waals surface area contributed by atoms with Gasteiger partial charge in [0, 0.05) is 13.0 Å². The molecular formula is C23H29NO4. The zero-order valence-electron chi connectivity index (χ0n) is 17.3. The molecule has 2 aromatic carbocycles. The second-order valence-corrected chi connectivity index (χ2v) is 7.52. The van der Waals surface area contributed by atoms with Gasteiger partial charge >= 0.3 is 0 Å². The molecule has 0 saturated carbocycles. The minimum atomic E-state index is -0.152. The first kappa shape index (κ1) is 20.1. The first-order chi connectivity index (χ1) is 13.5. The smallest absolute Gasteiger partial charge is 0.223 e. The number of methoxy groups -OCH3 is 3. The Kier molecular flexibility index (Phi) is 6.12. The summed E-state index contributed by atoms with van der Waals surface area (Å²) in [5.41, 5.74) is 3.34. The summed E-state index contributed by atoms with van der Waals surface area (Å²) in [6.07, 6.45) is 1.33. The Morgan fingerprint density at radius 1 is 1.04 bits per heavy atom. The van der Waals surface area contributed by atoms with Crippen LogP contribution in [0.5, 0.6) is 17.2 Å². The number of nitrogens with zero attached hydrogens (tertiary/aromatic N) is 1. The van der Waals surface area contributed by atoms with E-state index >= 15 is 0 Å². The molecular weight excluding hydrogens is 354 g/mol. The number of amides is 1. The molecule has 0 fully saturated rings. The summed E-state index contributed by atoms with van der Waals surface area (Å²) in [6.45, 7) is 4.84. The average molecular weight is 383 g/mol. The fourth-order valence-corrected chi connectivity index (χ4v) is 3.83. The van der Waals surface area contributed by atoms with Crippen molar-refractivity contribution in [2.45, 2.75) is 32.7 Å². The summed E-state index contributed by atoms with van der Waals surface area (Å²) in [7, 11) is 4.93. The summed E-state index contributed by atoms with van der Waals surface area (Å²) >= 11 is 0. The highest BCUT2D eigenvalue weighted by Gasteiger charge is 2.33. The molecule has 5 heteroatoms.